The Morgan fingerprint density at radius 2 is 2.33 bits per heavy atom. The van der Waals surface area contributed by atoms with Crippen molar-refractivity contribution in [1.82, 2.24) is 10.2 Å². The van der Waals surface area contributed by atoms with Gasteiger partial charge in [0, 0.05) is 14.1 Å². The first-order valence-corrected chi connectivity index (χ1v) is 3.24. The Morgan fingerprint density at radius 1 is 1.67 bits per heavy atom. The highest BCUT2D eigenvalue weighted by Gasteiger charge is 1.98. The maximum atomic E-state index is 10.5. The van der Waals surface area contributed by atoms with Crippen molar-refractivity contribution in [3.63, 3.8) is 0 Å². The molecule has 0 radical (unpaired) electrons. The van der Waals surface area contributed by atoms with Gasteiger partial charge in [-0.1, -0.05) is 0 Å². The number of aromatic nitrogens is 2. The van der Waals surface area contributed by atoms with Crippen molar-refractivity contribution in [2.24, 2.45) is 0 Å². The summed E-state index contributed by atoms with van der Waals surface area (Å²) in [6.45, 7) is 0. The van der Waals surface area contributed by atoms with Gasteiger partial charge in [0.25, 0.3) is 0 Å². The Kier molecular flexibility index (Phi) is 1.52. The second-order valence-corrected chi connectivity index (χ2v) is 2.73. The predicted octanol–water partition coefficient (Wildman–Crippen LogP) is -0.103. The molecule has 9 heavy (non-hydrogen) atoms. The fourth-order valence-corrected chi connectivity index (χ4v) is 0.944. The van der Waals surface area contributed by atoms with Gasteiger partial charge in [0.1, 0.15) is 0 Å². The molecule has 0 atom stereocenters. The monoisotopic (exact) mass is 145 g/mol. The Hall–Kier alpha value is -0.840. The molecule has 50 valence electrons. The number of hydrogen-bond acceptors (Lipinski definition) is 4. The number of hydrogen-bond donors (Lipinski definition) is 1. The Labute approximate surface area is 56.1 Å². The molecule has 0 bridgehead atoms. The minimum atomic E-state index is -0.112. The van der Waals surface area contributed by atoms with Crippen LogP contribution in [-0.4, -0.2) is 24.3 Å². The summed E-state index contributed by atoms with van der Waals surface area (Å²) in [5, 5.41) is 6.75. The second kappa shape index (κ2) is 2.18. The lowest BCUT2D eigenvalue weighted by molar-refractivity contribution is 1.00. The normalized spacial score (nSPS) is 9.56. The molecule has 0 aliphatic rings. The third-order valence-electron chi connectivity index (χ3n) is 0.809. The van der Waals surface area contributed by atoms with Gasteiger partial charge in [-0.05, 0) is 11.3 Å². The number of H-pyrrole nitrogens is 1. The van der Waals surface area contributed by atoms with Gasteiger partial charge in [0.2, 0.25) is 5.13 Å². The summed E-state index contributed by atoms with van der Waals surface area (Å²) in [6, 6.07) is 0. The van der Waals surface area contributed by atoms with Crippen molar-refractivity contribution in [2.75, 3.05) is 19.0 Å². The zero-order valence-electron chi connectivity index (χ0n) is 5.21. The first kappa shape index (κ1) is 6.28. The number of rotatable bonds is 1. The van der Waals surface area contributed by atoms with E-state index >= 15 is 0 Å². The molecule has 0 aliphatic carbocycles. The average Bonchev–Trinajstić information content (AvgIpc) is 2.14. The van der Waals surface area contributed by atoms with E-state index in [9.17, 15) is 4.79 Å². The molecule has 0 aromatic carbocycles. The number of nitrogens with zero attached hydrogens (tertiary/aromatic N) is 2. The molecule has 0 saturated carbocycles. The van der Waals surface area contributed by atoms with E-state index in [1.54, 1.807) is 4.90 Å². The molecular weight excluding hydrogens is 138 g/mol. The van der Waals surface area contributed by atoms with E-state index in [4.69, 9.17) is 0 Å². The average molecular weight is 145 g/mol. The largest absolute Gasteiger partial charge is 0.353 e. The lowest BCUT2D eigenvalue weighted by Crippen LogP contribution is -2.07. The summed E-state index contributed by atoms with van der Waals surface area (Å²) in [5.74, 6) is 0. The third-order valence-corrected chi connectivity index (χ3v) is 1.73. The Morgan fingerprint density at radius 3 is 2.56 bits per heavy atom. The van der Waals surface area contributed by atoms with Crippen LogP contribution in [-0.2, 0) is 0 Å². The molecule has 5 heteroatoms. The van der Waals surface area contributed by atoms with Gasteiger partial charge < -0.3 is 4.90 Å². The summed E-state index contributed by atoms with van der Waals surface area (Å²) in [4.78, 5) is 12.1. The number of nitrogens with one attached hydrogen (secondary N) is 1. The maximum Gasteiger partial charge on any atom is 0.324 e. The molecule has 1 aromatic rings. The quantitative estimate of drug-likeness (QED) is 0.600. The van der Waals surface area contributed by atoms with Crippen LogP contribution in [0, 0.1) is 0 Å². The van der Waals surface area contributed by atoms with Gasteiger partial charge >= 0.3 is 4.87 Å². The zero-order chi connectivity index (χ0) is 6.85. The first-order chi connectivity index (χ1) is 4.20. The van der Waals surface area contributed by atoms with Crippen LogP contribution in [0.2, 0.25) is 0 Å². The summed E-state index contributed by atoms with van der Waals surface area (Å²) in [6.07, 6.45) is 0. The van der Waals surface area contributed by atoms with Crippen LogP contribution < -0.4 is 9.77 Å². The SMILES string of the molecule is CN(C)c1n[nH]c(=O)s1. The zero-order valence-corrected chi connectivity index (χ0v) is 6.03. The van der Waals surface area contributed by atoms with Gasteiger partial charge in [-0.2, -0.15) is 0 Å². The molecule has 0 amide bonds. The van der Waals surface area contributed by atoms with E-state index in [0.29, 0.717) is 5.13 Å². The van der Waals surface area contributed by atoms with Gasteiger partial charge in [0.15, 0.2) is 0 Å². The smallest absolute Gasteiger partial charge is 0.324 e. The van der Waals surface area contributed by atoms with Crippen molar-refractivity contribution < 1.29 is 0 Å². The summed E-state index contributed by atoms with van der Waals surface area (Å²) < 4.78 is 0. The minimum Gasteiger partial charge on any atom is -0.353 e. The van der Waals surface area contributed by atoms with E-state index in [1.807, 2.05) is 14.1 Å². The lowest BCUT2D eigenvalue weighted by Gasteiger charge is -2.03. The maximum absolute atomic E-state index is 10.5. The highest BCUT2D eigenvalue weighted by Crippen LogP contribution is 2.05. The lowest BCUT2D eigenvalue weighted by atomic mass is 10.9. The number of anilines is 1. The molecule has 1 aromatic heterocycles. The molecule has 0 fully saturated rings. The molecule has 4 nitrogen and oxygen atoms in total. The van der Waals surface area contributed by atoms with E-state index in [0.717, 1.165) is 11.3 Å². The van der Waals surface area contributed by atoms with Crippen LogP contribution in [0.25, 0.3) is 0 Å². The molecule has 1 rings (SSSR count). The minimum absolute atomic E-state index is 0.112. The standard InChI is InChI=1S/C4H7N3OS/c1-7(2)3-5-6-4(8)9-3/h1-2H3,(H,6,8). The summed E-state index contributed by atoms with van der Waals surface area (Å²) in [5.41, 5.74) is 0. The van der Waals surface area contributed by atoms with E-state index < -0.39 is 0 Å². The Balaban J connectivity index is 2.98. The van der Waals surface area contributed by atoms with Crippen LogP contribution in [0.4, 0.5) is 5.13 Å². The van der Waals surface area contributed by atoms with Crippen molar-refractivity contribution in [3.05, 3.63) is 9.67 Å². The summed E-state index contributed by atoms with van der Waals surface area (Å²) >= 11 is 1.10. The Bertz CT molecular complexity index is 238. The first-order valence-electron chi connectivity index (χ1n) is 2.43. The van der Waals surface area contributed by atoms with Crippen molar-refractivity contribution in [1.29, 1.82) is 0 Å². The van der Waals surface area contributed by atoms with Crippen molar-refractivity contribution in [2.45, 2.75) is 0 Å². The van der Waals surface area contributed by atoms with E-state index in [2.05, 4.69) is 10.2 Å². The van der Waals surface area contributed by atoms with Crippen molar-refractivity contribution in [3.8, 4) is 0 Å². The van der Waals surface area contributed by atoms with Crippen LogP contribution in [0.5, 0.6) is 0 Å². The van der Waals surface area contributed by atoms with Crippen LogP contribution >= 0.6 is 11.3 Å². The fraction of sp³-hybridized carbons (Fsp3) is 0.500. The number of aromatic amines is 1. The fourth-order valence-electron chi connectivity index (χ4n) is 0.413. The molecule has 1 N–H and O–H groups in total. The van der Waals surface area contributed by atoms with Gasteiger partial charge in [-0.15, -0.1) is 5.10 Å². The highest BCUT2D eigenvalue weighted by atomic mass is 32.1. The molecule has 0 spiro atoms. The molecule has 0 saturated heterocycles. The summed E-state index contributed by atoms with van der Waals surface area (Å²) in [7, 11) is 3.68. The van der Waals surface area contributed by atoms with Crippen LogP contribution in [0.3, 0.4) is 0 Å². The highest BCUT2D eigenvalue weighted by molar-refractivity contribution is 7.12. The van der Waals surface area contributed by atoms with Crippen LogP contribution in [0.1, 0.15) is 0 Å². The topological polar surface area (TPSA) is 49.0 Å². The van der Waals surface area contributed by atoms with E-state index in [1.165, 1.54) is 0 Å². The van der Waals surface area contributed by atoms with Gasteiger partial charge in [-0.3, -0.25) is 4.79 Å². The predicted molar refractivity (Wildman–Crippen MR) is 37.1 cm³/mol. The van der Waals surface area contributed by atoms with Gasteiger partial charge in [0.05, 0.1) is 0 Å². The molecular formula is C4H7N3OS. The van der Waals surface area contributed by atoms with E-state index in [-0.39, 0.29) is 4.87 Å². The molecule has 0 unspecified atom stereocenters. The second-order valence-electron chi connectivity index (χ2n) is 1.79. The van der Waals surface area contributed by atoms with Gasteiger partial charge in [-0.25, -0.2) is 5.10 Å². The van der Waals surface area contributed by atoms with Crippen molar-refractivity contribution >= 4 is 16.5 Å². The van der Waals surface area contributed by atoms with Crippen LogP contribution in [0.15, 0.2) is 4.79 Å². The molecule has 1 heterocycles. The third kappa shape index (κ3) is 1.29. The molecule has 0 aliphatic heterocycles.